The zero-order valence-electron chi connectivity index (χ0n) is 20.1. The van der Waals surface area contributed by atoms with E-state index >= 15 is 0 Å². The second-order valence-corrected chi connectivity index (χ2v) is 9.26. The standard InChI is InChI=1S/C28H30N2O5/c1-33-22-12-6-18(7-13-22)16-21-4-3-5-24-26(21)29-30(25(31)17-35-28(32)20-8-9-20)27(24)19-10-14-23(34-2)15-11-19/h6-7,10-16,20,24,27H,3-5,8-9,17H2,1-2H3. The van der Waals surface area contributed by atoms with Gasteiger partial charge in [0.25, 0.3) is 5.91 Å². The van der Waals surface area contributed by atoms with Gasteiger partial charge in [0, 0.05) is 5.92 Å². The van der Waals surface area contributed by atoms with Crippen molar-refractivity contribution in [1.29, 1.82) is 0 Å². The quantitative estimate of drug-likeness (QED) is 0.540. The summed E-state index contributed by atoms with van der Waals surface area (Å²) >= 11 is 0. The van der Waals surface area contributed by atoms with E-state index in [-0.39, 0.29) is 36.4 Å². The van der Waals surface area contributed by atoms with Crippen LogP contribution >= 0.6 is 0 Å². The molecule has 0 spiro atoms. The molecule has 2 fully saturated rings. The molecule has 0 radical (unpaired) electrons. The first-order valence-corrected chi connectivity index (χ1v) is 12.1. The zero-order chi connectivity index (χ0) is 24.4. The predicted octanol–water partition coefficient (Wildman–Crippen LogP) is 4.78. The lowest BCUT2D eigenvalue weighted by Gasteiger charge is -2.29. The number of methoxy groups -OCH3 is 2. The topological polar surface area (TPSA) is 77.4 Å². The average Bonchev–Trinajstić information content (AvgIpc) is 3.68. The van der Waals surface area contributed by atoms with E-state index in [2.05, 4.69) is 6.08 Å². The molecule has 0 N–H and O–H groups in total. The highest BCUT2D eigenvalue weighted by molar-refractivity contribution is 6.08. The van der Waals surface area contributed by atoms with Crippen LogP contribution in [0.4, 0.5) is 0 Å². The van der Waals surface area contributed by atoms with Crippen LogP contribution in [0.1, 0.15) is 49.3 Å². The van der Waals surface area contributed by atoms with Crippen LogP contribution in [-0.4, -0.2) is 43.4 Å². The Balaban J connectivity index is 1.45. The Morgan fingerprint density at radius 3 is 2.26 bits per heavy atom. The molecule has 2 aromatic rings. The highest BCUT2D eigenvalue weighted by Crippen LogP contribution is 2.44. The number of carbonyl (C=O) groups is 2. The molecule has 0 saturated heterocycles. The SMILES string of the molecule is COc1ccc(C=C2CCCC3C2=NN(C(=O)COC(=O)C2CC2)C3c2ccc(OC)cc2)cc1. The number of hydrogen-bond donors (Lipinski definition) is 0. The molecule has 35 heavy (non-hydrogen) atoms. The van der Waals surface area contributed by atoms with Gasteiger partial charge >= 0.3 is 5.97 Å². The number of carbonyl (C=O) groups excluding carboxylic acids is 2. The van der Waals surface area contributed by atoms with E-state index in [1.54, 1.807) is 14.2 Å². The maximum Gasteiger partial charge on any atom is 0.309 e. The molecular formula is C28H30N2O5. The Bertz CT molecular complexity index is 1150. The van der Waals surface area contributed by atoms with Crippen molar-refractivity contribution in [2.24, 2.45) is 16.9 Å². The maximum atomic E-state index is 13.3. The van der Waals surface area contributed by atoms with Crippen LogP contribution < -0.4 is 9.47 Å². The van der Waals surface area contributed by atoms with Crippen molar-refractivity contribution in [3.8, 4) is 11.5 Å². The van der Waals surface area contributed by atoms with Gasteiger partial charge in [0.05, 0.1) is 31.9 Å². The molecule has 2 atom stereocenters. The van der Waals surface area contributed by atoms with Crippen molar-refractivity contribution in [1.82, 2.24) is 5.01 Å². The van der Waals surface area contributed by atoms with E-state index in [1.807, 2.05) is 48.5 Å². The summed E-state index contributed by atoms with van der Waals surface area (Å²) in [4.78, 5) is 25.3. The molecule has 2 saturated carbocycles. The molecule has 0 aromatic heterocycles. The Morgan fingerprint density at radius 1 is 0.971 bits per heavy atom. The highest BCUT2D eigenvalue weighted by atomic mass is 16.5. The van der Waals surface area contributed by atoms with Gasteiger partial charge in [-0.1, -0.05) is 24.3 Å². The number of hydrazone groups is 1. The van der Waals surface area contributed by atoms with Crippen LogP contribution in [0.25, 0.3) is 6.08 Å². The van der Waals surface area contributed by atoms with E-state index in [0.29, 0.717) is 0 Å². The molecule has 2 aliphatic carbocycles. The molecule has 2 unspecified atom stereocenters. The third kappa shape index (κ3) is 4.94. The first kappa shape index (κ1) is 23.1. The number of nitrogens with zero attached hydrogens (tertiary/aromatic N) is 2. The number of ether oxygens (including phenoxy) is 3. The summed E-state index contributed by atoms with van der Waals surface area (Å²) in [5.41, 5.74) is 4.13. The molecule has 7 heteroatoms. The van der Waals surface area contributed by atoms with Crippen LogP contribution in [-0.2, 0) is 14.3 Å². The van der Waals surface area contributed by atoms with Gasteiger partial charge in [-0.2, -0.15) is 5.10 Å². The molecule has 3 aliphatic rings. The Labute approximate surface area is 205 Å². The van der Waals surface area contributed by atoms with E-state index in [0.717, 1.165) is 66.0 Å². The van der Waals surface area contributed by atoms with E-state index < -0.39 is 0 Å². The van der Waals surface area contributed by atoms with Gasteiger partial charge in [-0.25, -0.2) is 5.01 Å². The summed E-state index contributed by atoms with van der Waals surface area (Å²) in [6.45, 7) is -0.289. The number of rotatable bonds is 7. The number of amides is 1. The average molecular weight is 475 g/mol. The Morgan fingerprint density at radius 2 is 1.63 bits per heavy atom. The summed E-state index contributed by atoms with van der Waals surface area (Å²) in [6, 6.07) is 15.4. The Hall–Kier alpha value is -3.61. The lowest BCUT2D eigenvalue weighted by Crippen LogP contribution is -2.34. The number of hydrogen-bond acceptors (Lipinski definition) is 6. The number of esters is 1. The van der Waals surface area contributed by atoms with Gasteiger partial charge in [-0.3, -0.25) is 9.59 Å². The number of benzene rings is 2. The van der Waals surface area contributed by atoms with Gasteiger partial charge in [-0.05, 0) is 79.1 Å². The van der Waals surface area contributed by atoms with E-state index in [4.69, 9.17) is 19.3 Å². The van der Waals surface area contributed by atoms with Crippen LogP contribution in [0.15, 0.2) is 59.2 Å². The second kappa shape index (κ2) is 9.94. The molecule has 5 rings (SSSR count). The van der Waals surface area contributed by atoms with E-state index in [9.17, 15) is 9.59 Å². The van der Waals surface area contributed by atoms with Crippen LogP contribution in [0.2, 0.25) is 0 Å². The summed E-state index contributed by atoms with van der Waals surface area (Å²) in [7, 11) is 3.28. The van der Waals surface area contributed by atoms with Crippen molar-refractivity contribution in [2.45, 2.75) is 38.1 Å². The van der Waals surface area contributed by atoms with Gasteiger partial charge in [0.2, 0.25) is 0 Å². The lowest BCUT2D eigenvalue weighted by atomic mass is 9.77. The summed E-state index contributed by atoms with van der Waals surface area (Å²) in [5, 5.41) is 6.38. The predicted molar refractivity (Wildman–Crippen MR) is 132 cm³/mol. The number of allylic oxidation sites excluding steroid dienone is 1. The number of fused-ring (bicyclic) bond motifs is 1. The Kier molecular flexibility index (Phi) is 6.57. The summed E-state index contributed by atoms with van der Waals surface area (Å²) in [5.74, 6) is 1.00. The maximum absolute atomic E-state index is 13.3. The van der Waals surface area contributed by atoms with Crippen LogP contribution in [0.5, 0.6) is 11.5 Å². The van der Waals surface area contributed by atoms with Crippen molar-refractivity contribution >= 4 is 23.7 Å². The fraction of sp³-hybridized carbons (Fsp3) is 0.393. The molecular weight excluding hydrogens is 444 g/mol. The second-order valence-electron chi connectivity index (χ2n) is 9.26. The van der Waals surface area contributed by atoms with Crippen molar-refractivity contribution in [2.75, 3.05) is 20.8 Å². The van der Waals surface area contributed by atoms with Gasteiger partial charge in [-0.15, -0.1) is 0 Å². The lowest BCUT2D eigenvalue weighted by molar-refractivity contribution is -0.154. The minimum absolute atomic E-state index is 0.0494. The molecule has 1 amide bonds. The van der Waals surface area contributed by atoms with Crippen molar-refractivity contribution < 1.29 is 23.8 Å². The third-order valence-corrected chi connectivity index (χ3v) is 6.92. The van der Waals surface area contributed by atoms with Gasteiger partial charge in [0.15, 0.2) is 6.61 Å². The molecule has 1 heterocycles. The molecule has 0 bridgehead atoms. The monoisotopic (exact) mass is 474 g/mol. The normalized spacial score (nSPS) is 22.4. The first-order chi connectivity index (χ1) is 17.1. The van der Waals surface area contributed by atoms with E-state index in [1.165, 1.54) is 5.01 Å². The van der Waals surface area contributed by atoms with Crippen molar-refractivity contribution in [3.05, 3.63) is 65.2 Å². The van der Waals surface area contributed by atoms with Crippen LogP contribution in [0.3, 0.4) is 0 Å². The molecule has 1 aliphatic heterocycles. The third-order valence-electron chi connectivity index (χ3n) is 6.92. The molecule has 2 aromatic carbocycles. The van der Waals surface area contributed by atoms with Gasteiger partial charge < -0.3 is 14.2 Å². The fourth-order valence-electron chi connectivity index (χ4n) is 4.88. The van der Waals surface area contributed by atoms with Gasteiger partial charge in [0.1, 0.15) is 11.5 Å². The summed E-state index contributed by atoms with van der Waals surface area (Å²) in [6.07, 6.45) is 6.67. The fourth-order valence-corrected chi connectivity index (χ4v) is 4.88. The highest BCUT2D eigenvalue weighted by Gasteiger charge is 2.44. The molecule has 7 nitrogen and oxygen atoms in total. The first-order valence-electron chi connectivity index (χ1n) is 12.1. The smallest absolute Gasteiger partial charge is 0.309 e. The largest absolute Gasteiger partial charge is 0.497 e. The minimum Gasteiger partial charge on any atom is -0.497 e. The zero-order valence-corrected chi connectivity index (χ0v) is 20.1. The molecule has 182 valence electrons. The summed E-state index contributed by atoms with van der Waals surface area (Å²) < 4.78 is 15.9. The van der Waals surface area contributed by atoms with Crippen molar-refractivity contribution in [3.63, 3.8) is 0 Å². The van der Waals surface area contributed by atoms with Crippen LogP contribution in [0, 0.1) is 11.8 Å². The minimum atomic E-state index is -0.300.